The molecule has 0 atom stereocenters. The maximum atomic E-state index is 14.3. The summed E-state index contributed by atoms with van der Waals surface area (Å²) in [5.74, 6) is 0.302. The van der Waals surface area contributed by atoms with E-state index in [-0.39, 0.29) is 4.90 Å². The highest BCUT2D eigenvalue weighted by atomic mass is 32.2. The average molecular weight is 441 g/mol. The topological polar surface area (TPSA) is 64.3 Å². The van der Waals surface area contributed by atoms with Gasteiger partial charge in [0, 0.05) is 30.4 Å². The van der Waals surface area contributed by atoms with Crippen LogP contribution < -0.4 is 10.6 Å². The molecule has 5 nitrogen and oxygen atoms in total. The van der Waals surface area contributed by atoms with Crippen LogP contribution in [0.25, 0.3) is 11.4 Å². The molecule has 1 aliphatic carbocycles. The third kappa shape index (κ3) is 4.09. The maximum Gasteiger partial charge on any atom is 0.161 e. The van der Waals surface area contributed by atoms with Crippen molar-refractivity contribution in [1.29, 1.82) is 0 Å². The Morgan fingerprint density at radius 2 is 1.65 bits per heavy atom. The fraction of sp³-hybridized carbons (Fsp3) is 0.304. The molecule has 2 fully saturated rings. The number of nitrogens with zero attached hydrogens (tertiary/aromatic N) is 3. The zero-order valence-electron chi connectivity index (χ0n) is 16.9. The molecule has 0 amide bonds. The zero-order chi connectivity index (χ0) is 21.4. The summed E-state index contributed by atoms with van der Waals surface area (Å²) < 4.78 is 33.7. The molecule has 0 spiro atoms. The molecule has 0 bridgehead atoms. The van der Waals surface area contributed by atoms with Crippen molar-refractivity contribution < 1.29 is 13.5 Å². The SMILES string of the molecule is Nc1ccc(-c2nc(N3CCOCC3)cc(C3(Sc4c(F)cccc4F)CC3)n2)cc1. The fourth-order valence-electron chi connectivity index (χ4n) is 3.68. The van der Waals surface area contributed by atoms with Gasteiger partial charge in [-0.1, -0.05) is 6.07 Å². The van der Waals surface area contributed by atoms with Gasteiger partial charge < -0.3 is 15.4 Å². The zero-order valence-corrected chi connectivity index (χ0v) is 17.7. The molecular formula is C23H22F2N4OS. The second-order valence-corrected chi connectivity index (χ2v) is 9.20. The number of morpholine rings is 1. The number of benzene rings is 2. The van der Waals surface area contributed by atoms with Crippen molar-refractivity contribution in [1.82, 2.24) is 9.97 Å². The van der Waals surface area contributed by atoms with Gasteiger partial charge in [-0.05, 0) is 49.2 Å². The van der Waals surface area contributed by atoms with Crippen LogP contribution in [0, 0.1) is 11.6 Å². The molecule has 2 heterocycles. The fourth-order valence-corrected chi connectivity index (χ4v) is 4.92. The van der Waals surface area contributed by atoms with E-state index in [9.17, 15) is 8.78 Å². The normalized spacial score (nSPS) is 17.5. The van der Waals surface area contributed by atoms with Gasteiger partial charge in [-0.15, -0.1) is 11.8 Å². The highest BCUT2D eigenvalue weighted by Gasteiger charge is 2.48. The van der Waals surface area contributed by atoms with Gasteiger partial charge >= 0.3 is 0 Å². The molecule has 1 saturated heterocycles. The smallest absolute Gasteiger partial charge is 0.161 e. The molecule has 2 aliphatic rings. The molecule has 2 aromatic carbocycles. The Kier molecular flexibility index (Phi) is 5.27. The van der Waals surface area contributed by atoms with E-state index in [0.717, 1.165) is 43.0 Å². The number of nitrogens with two attached hydrogens (primary N) is 1. The predicted octanol–water partition coefficient (Wildman–Crippen LogP) is 4.62. The van der Waals surface area contributed by atoms with E-state index in [1.807, 2.05) is 30.3 Å². The summed E-state index contributed by atoms with van der Waals surface area (Å²) >= 11 is 1.22. The molecule has 0 radical (unpaired) electrons. The van der Waals surface area contributed by atoms with Crippen LogP contribution in [-0.4, -0.2) is 36.3 Å². The first kappa shape index (κ1) is 20.2. The Balaban J connectivity index is 1.57. The van der Waals surface area contributed by atoms with Crippen LogP contribution >= 0.6 is 11.8 Å². The number of anilines is 2. The van der Waals surface area contributed by atoms with Crippen LogP contribution in [0.2, 0.25) is 0 Å². The van der Waals surface area contributed by atoms with E-state index < -0.39 is 16.4 Å². The minimum absolute atomic E-state index is 0.0422. The van der Waals surface area contributed by atoms with Gasteiger partial charge in [0.1, 0.15) is 17.5 Å². The second-order valence-electron chi connectivity index (χ2n) is 7.80. The van der Waals surface area contributed by atoms with E-state index in [1.165, 1.54) is 30.0 Å². The minimum Gasteiger partial charge on any atom is -0.399 e. The first-order valence-electron chi connectivity index (χ1n) is 10.3. The van der Waals surface area contributed by atoms with Gasteiger partial charge in [0.05, 0.1) is 28.6 Å². The Labute approximate surface area is 183 Å². The summed E-state index contributed by atoms with van der Waals surface area (Å²) in [5, 5.41) is 0. The van der Waals surface area contributed by atoms with E-state index in [1.54, 1.807) is 0 Å². The molecular weight excluding hydrogens is 418 g/mol. The Bertz CT molecular complexity index is 1080. The lowest BCUT2D eigenvalue weighted by Crippen LogP contribution is -2.37. The van der Waals surface area contributed by atoms with E-state index >= 15 is 0 Å². The third-order valence-corrected chi connectivity index (χ3v) is 7.21. The van der Waals surface area contributed by atoms with Crippen LogP contribution in [0.15, 0.2) is 53.4 Å². The van der Waals surface area contributed by atoms with Crippen molar-refractivity contribution in [2.45, 2.75) is 22.5 Å². The summed E-state index contributed by atoms with van der Waals surface area (Å²) in [6, 6.07) is 13.3. The van der Waals surface area contributed by atoms with Gasteiger partial charge in [0.2, 0.25) is 0 Å². The lowest BCUT2D eigenvalue weighted by molar-refractivity contribution is 0.122. The summed E-state index contributed by atoms with van der Waals surface area (Å²) in [6.07, 6.45) is 1.60. The maximum absolute atomic E-state index is 14.3. The minimum atomic E-state index is -0.544. The number of ether oxygens (including phenoxy) is 1. The quantitative estimate of drug-likeness (QED) is 0.584. The number of thioether (sulfide) groups is 1. The van der Waals surface area contributed by atoms with Gasteiger partial charge in [0.25, 0.3) is 0 Å². The largest absolute Gasteiger partial charge is 0.399 e. The van der Waals surface area contributed by atoms with Gasteiger partial charge in [-0.3, -0.25) is 0 Å². The lowest BCUT2D eigenvalue weighted by atomic mass is 10.1. The van der Waals surface area contributed by atoms with E-state index in [2.05, 4.69) is 4.90 Å². The van der Waals surface area contributed by atoms with E-state index in [0.29, 0.717) is 24.7 Å². The molecule has 5 rings (SSSR count). The van der Waals surface area contributed by atoms with Gasteiger partial charge in [0.15, 0.2) is 5.82 Å². The lowest BCUT2D eigenvalue weighted by Gasteiger charge is -2.29. The highest BCUT2D eigenvalue weighted by molar-refractivity contribution is 8.00. The molecule has 0 unspecified atom stereocenters. The Morgan fingerprint density at radius 3 is 2.29 bits per heavy atom. The molecule has 31 heavy (non-hydrogen) atoms. The van der Waals surface area contributed by atoms with Crippen LogP contribution in [0.3, 0.4) is 0 Å². The Morgan fingerprint density at radius 1 is 0.968 bits per heavy atom. The second kappa shape index (κ2) is 8.09. The van der Waals surface area contributed by atoms with Crippen molar-refractivity contribution in [3.8, 4) is 11.4 Å². The molecule has 8 heteroatoms. The molecule has 1 saturated carbocycles. The summed E-state index contributed by atoms with van der Waals surface area (Å²) in [5.41, 5.74) is 8.15. The molecule has 160 valence electrons. The van der Waals surface area contributed by atoms with Crippen molar-refractivity contribution >= 4 is 23.3 Å². The molecule has 1 aromatic heterocycles. The predicted molar refractivity (Wildman–Crippen MR) is 118 cm³/mol. The third-order valence-electron chi connectivity index (χ3n) is 5.60. The number of hydrogen-bond acceptors (Lipinski definition) is 6. The van der Waals surface area contributed by atoms with Crippen LogP contribution in [0.4, 0.5) is 20.3 Å². The van der Waals surface area contributed by atoms with Gasteiger partial charge in [-0.2, -0.15) is 0 Å². The number of nitrogen functional groups attached to an aromatic ring is 1. The van der Waals surface area contributed by atoms with Crippen LogP contribution in [0.1, 0.15) is 18.5 Å². The average Bonchev–Trinajstić information content (AvgIpc) is 3.58. The molecule has 1 aliphatic heterocycles. The standard InChI is InChI=1S/C23H22F2N4OS/c24-17-2-1-3-18(25)21(17)31-23(8-9-23)19-14-20(29-10-12-30-13-11-29)28-22(27-19)15-4-6-16(26)7-5-15/h1-7,14H,8-13,26H2. The monoisotopic (exact) mass is 440 g/mol. The van der Waals surface area contributed by atoms with Gasteiger partial charge in [-0.25, -0.2) is 18.7 Å². The van der Waals surface area contributed by atoms with Crippen molar-refractivity contribution in [2.24, 2.45) is 0 Å². The number of rotatable bonds is 5. The van der Waals surface area contributed by atoms with Crippen molar-refractivity contribution in [3.63, 3.8) is 0 Å². The Hall–Kier alpha value is -2.71. The number of hydrogen-bond donors (Lipinski definition) is 1. The van der Waals surface area contributed by atoms with Crippen LogP contribution in [0.5, 0.6) is 0 Å². The first-order valence-corrected chi connectivity index (χ1v) is 11.1. The van der Waals surface area contributed by atoms with E-state index in [4.69, 9.17) is 20.4 Å². The summed E-state index contributed by atoms with van der Waals surface area (Å²) in [6.45, 7) is 2.74. The first-order chi connectivity index (χ1) is 15.0. The highest BCUT2D eigenvalue weighted by Crippen LogP contribution is 2.60. The van der Waals surface area contributed by atoms with Crippen LogP contribution in [-0.2, 0) is 9.48 Å². The number of halogens is 2. The number of aromatic nitrogens is 2. The summed E-state index contributed by atoms with van der Waals surface area (Å²) in [4.78, 5) is 11.9. The summed E-state index contributed by atoms with van der Waals surface area (Å²) in [7, 11) is 0. The molecule has 3 aromatic rings. The molecule has 2 N–H and O–H groups in total. The van der Waals surface area contributed by atoms with Crippen molar-refractivity contribution in [3.05, 3.63) is 65.9 Å². The van der Waals surface area contributed by atoms with Crippen molar-refractivity contribution in [2.75, 3.05) is 36.9 Å².